The number of nitrogens with zero attached hydrogens (tertiary/aromatic N) is 1. The molecule has 0 aliphatic rings. The molecule has 190 valence electrons. The minimum absolute atomic E-state index is 0.183. The molecule has 0 aliphatic heterocycles. The minimum Gasteiger partial charge on any atom is -0.497 e. The molecule has 0 atom stereocenters. The molecule has 5 rings (SSSR count). The van der Waals surface area contributed by atoms with E-state index in [-0.39, 0.29) is 5.91 Å². The van der Waals surface area contributed by atoms with Crippen LogP contribution in [0.3, 0.4) is 0 Å². The molecule has 1 heterocycles. The molecule has 1 N–H and O–H groups in total. The number of carbonyl (C=O) groups is 1. The van der Waals surface area contributed by atoms with Crippen LogP contribution < -0.4 is 14.8 Å². The molecular weight excluding hydrogens is 472 g/mol. The topological polar surface area (TPSA) is 60.5 Å². The van der Waals surface area contributed by atoms with E-state index in [1.165, 1.54) is 0 Å². The molecular formula is C33H30N2O3. The molecule has 4 aromatic carbocycles. The molecule has 0 bridgehead atoms. The fourth-order valence-corrected chi connectivity index (χ4v) is 4.73. The first-order chi connectivity index (χ1) is 18.4. The van der Waals surface area contributed by atoms with Crippen LogP contribution in [0.4, 0.5) is 5.69 Å². The summed E-state index contributed by atoms with van der Waals surface area (Å²) in [7, 11) is 1.61. The highest BCUT2D eigenvalue weighted by Crippen LogP contribution is 2.33. The molecule has 5 heteroatoms. The molecule has 0 saturated heterocycles. The molecule has 1 aromatic heterocycles. The first-order valence-electron chi connectivity index (χ1n) is 12.6. The van der Waals surface area contributed by atoms with E-state index in [2.05, 4.69) is 11.4 Å². The molecule has 38 heavy (non-hydrogen) atoms. The summed E-state index contributed by atoms with van der Waals surface area (Å²) >= 11 is 0. The van der Waals surface area contributed by atoms with Crippen molar-refractivity contribution in [2.75, 3.05) is 12.4 Å². The Kier molecular flexibility index (Phi) is 7.09. The van der Waals surface area contributed by atoms with Crippen LogP contribution >= 0.6 is 0 Å². The molecule has 0 aliphatic carbocycles. The number of hydrogen-bond donors (Lipinski definition) is 1. The summed E-state index contributed by atoms with van der Waals surface area (Å²) < 4.78 is 11.3. The van der Waals surface area contributed by atoms with Gasteiger partial charge in [-0.05, 0) is 79.9 Å². The van der Waals surface area contributed by atoms with E-state index in [1.807, 2.05) is 106 Å². The van der Waals surface area contributed by atoms with Gasteiger partial charge in [-0.2, -0.15) is 0 Å². The smallest absolute Gasteiger partial charge is 0.256 e. The number of fused-ring (bicyclic) bond motifs is 1. The van der Waals surface area contributed by atoms with Gasteiger partial charge in [-0.3, -0.25) is 4.79 Å². The minimum atomic E-state index is -0.183. The quantitative estimate of drug-likeness (QED) is 0.248. The van der Waals surface area contributed by atoms with Crippen molar-refractivity contribution in [3.63, 3.8) is 0 Å². The third kappa shape index (κ3) is 5.23. The van der Waals surface area contributed by atoms with Gasteiger partial charge < -0.3 is 14.8 Å². The number of nitrogens with one attached hydrogen (secondary N) is 1. The number of benzene rings is 4. The van der Waals surface area contributed by atoms with Crippen LogP contribution in [-0.4, -0.2) is 18.0 Å². The molecule has 0 unspecified atom stereocenters. The largest absolute Gasteiger partial charge is 0.497 e. The maximum atomic E-state index is 13.7. The monoisotopic (exact) mass is 502 g/mol. The third-order valence-electron chi connectivity index (χ3n) is 6.60. The predicted molar refractivity (Wildman–Crippen MR) is 153 cm³/mol. The molecule has 0 radical (unpaired) electrons. The number of anilines is 1. The fraction of sp³-hybridized carbons (Fsp3) is 0.152. The van der Waals surface area contributed by atoms with Crippen LogP contribution in [0.15, 0.2) is 91.0 Å². The van der Waals surface area contributed by atoms with E-state index in [4.69, 9.17) is 14.5 Å². The predicted octanol–water partition coefficient (Wildman–Crippen LogP) is 7.67. The molecule has 5 nitrogen and oxygen atoms in total. The molecule has 1 amide bonds. The SMILES string of the molecule is COc1cccc(NC(=O)c2c(C)c(-c3ccc(OCc4ccccc4)cc3)nc3c(C)cc(C)cc23)c1. The van der Waals surface area contributed by atoms with Gasteiger partial charge in [-0.1, -0.05) is 48.0 Å². The van der Waals surface area contributed by atoms with Crippen LogP contribution in [0.25, 0.3) is 22.2 Å². The lowest BCUT2D eigenvalue weighted by Crippen LogP contribution is -2.15. The van der Waals surface area contributed by atoms with E-state index in [0.717, 1.165) is 50.2 Å². The van der Waals surface area contributed by atoms with Gasteiger partial charge in [0.05, 0.1) is 23.9 Å². The highest BCUT2D eigenvalue weighted by atomic mass is 16.5. The summed E-state index contributed by atoms with van der Waals surface area (Å²) in [6.07, 6.45) is 0. The van der Waals surface area contributed by atoms with Crippen LogP contribution in [0.1, 0.15) is 32.6 Å². The van der Waals surface area contributed by atoms with Crippen molar-refractivity contribution in [1.82, 2.24) is 4.98 Å². The lowest BCUT2D eigenvalue weighted by molar-refractivity contribution is 0.102. The van der Waals surface area contributed by atoms with Gasteiger partial charge in [0.15, 0.2) is 0 Å². The zero-order valence-electron chi connectivity index (χ0n) is 22.0. The van der Waals surface area contributed by atoms with Crippen LogP contribution in [0.5, 0.6) is 11.5 Å². The van der Waals surface area contributed by atoms with E-state index < -0.39 is 0 Å². The van der Waals surface area contributed by atoms with Gasteiger partial charge in [0.2, 0.25) is 0 Å². The van der Waals surface area contributed by atoms with Crippen molar-refractivity contribution in [2.24, 2.45) is 0 Å². The first kappa shape index (κ1) is 25.0. The first-order valence-corrected chi connectivity index (χ1v) is 12.6. The number of methoxy groups -OCH3 is 1. The summed E-state index contributed by atoms with van der Waals surface area (Å²) in [6, 6.07) is 29.4. The maximum absolute atomic E-state index is 13.7. The number of pyridine rings is 1. The Hall–Kier alpha value is -4.64. The zero-order chi connectivity index (χ0) is 26.6. The highest BCUT2D eigenvalue weighted by Gasteiger charge is 2.21. The van der Waals surface area contributed by atoms with Gasteiger partial charge in [0.25, 0.3) is 5.91 Å². The number of hydrogen-bond acceptors (Lipinski definition) is 4. The van der Waals surface area contributed by atoms with Crippen molar-refractivity contribution in [2.45, 2.75) is 27.4 Å². The Morgan fingerprint density at radius 2 is 1.61 bits per heavy atom. The van der Waals surface area contributed by atoms with Crippen molar-refractivity contribution in [3.05, 3.63) is 119 Å². The van der Waals surface area contributed by atoms with Gasteiger partial charge in [-0.25, -0.2) is 4.98 Å². The zero-order valence-corrected chi connectivity index (χ0v) is 22.0. The van der Waals surface area contributed by atoms with Crippen molar-refractivity contribution >= 4 is 22.5 Å². The number of ether oxygens (including phenoxy) is 2. The number of aromatic nitrogens is 1. The van der Waals surface area contributed by atoms with Crippen LogP contribution in [0, 0.1) is 20.8 Å². The lowest BCUT2D eigenvalue weighted by Gasteiger charge is -2.17. The van der Waals surface area contributed by atoms with Gasteiger partial charge in [0.1, 0.15) is 18.1 Å². The summed E-state index contributed by atoms with van der Waals surface area (Å²) in [4.78, 5) is 18.8. The second-order valence-electron chi connectivity index (χ2n) is 9.42. The van der Waals surface area contributed by atoms with E-state index in [0.29, 0.717) is 23.6 Å². The molecule has 0 fully saturated rings. The fourth-order valence-electron chi connectivity index (χ4n) is 4.73. The third-order valence-corrected chi connectivity index (χ3v) is 6.60. The number of rotatable bonds is 7. The Morgan fingerprint density at radius 1 is 0.842 bits per heavy atom. The number of aryl methyl sites for hydroxylation is 2. The van der Waals surface area contributed by atoms with E-state index in [1.54, 1.807) is 7.11 Å². The Labute approximate surface area is 223 Å². The van der Waals surface area contributed by atoms with Crippen LogP contribution in [0.2, 0.25) is 0 Å². The van der Waals surface area contributed by atoms with E-state index in [9.17, 15) is 4.79 Å². The van der Waals surface area contributed by atoms with Crippen molar-refractivity contribution in [1.29, 1.82) is 0 Å². The van der Waals surface area contributed by atoms with Gasteiger partial charge in [-0.15, -0.1) is 0 Å². The number of carbonyl (C=O) groups excluding carboxylic acids is 1. The molecule has 0 spiro atoms. The second kappa shape index (κ2) is 10.8. The average molecular weight is 503 g/mol. The summed E-state index contributed by atoms with van der Waals surface area (Å²) in [5.74, 6) is 1.28. The number of amides is 1. The highest BCUT2D eigenvalue weighted by molar-refractivity contribution is 6.15. The molecule has 0 saturated carbocycles. The summed E-state index contributed by atoms with van der Waals surface area (Å²) in [5, 5.41) is 3.90. The van der Waals surface area contributed by atoms with Gasteiger partial charge >= 0.3 is 0 Å². The Morgan fingerprint density at radius 3 is 2.34 bits per heavy atom. The lowest BCUT2D eigenvalue weighted by atomic mass is 9.94. The Bertz CT molecular complexity index is 1610. The Balaban J connectivity index is 1.53. The van der Waals surface area contributed by atoms with Crippen molar-refractivity contribution in [3.8, 4) is 22.8 Å². The summed E-state index contributed by atoms with van der Waals surface area (Å²) in [6.45, 7) is 6.53. The van der Waals surface area contributed by atoms with Crippen LogP contribution in [-0.2, 0) is 6.61 Å². The maximum Gasteiger partial charge on any atom is 0.256 e. The summed E-state index contributed by atoms with van der Waals surface area (Å²) in [5.41, 5.74) is 7.84. The second-order valence-corrected chi connectivity index (χ2v) is 9.42. The normalized spacial score (nSPS) is 10.8. The molecule has 5 aromatic rings. The van der Waals surface area contributed by atoms with E-state index >= 15 is 0 Å². The average Bonchev–Trinajstić information content (AvgIpc) is 2.92. The standard InChI is InChI=1S/C33H30N2O3/c1-21-17-22(2)31-29(18-21)30(33(36)34-26-11-8-12-28(19-26)37-4)23(3)32(35-31)25-13-15-27(16-14-25)38-20-24-9-6-5-7-10-24/h5-19H,20H2,1-4H3,(H,34,36). The van der Waals surface area contributed by atoms with Gasteiger partial charge in [0, 0.05) is 22.7 Å². The van der Waals surface area contributed by atoms with Crippen molar-refractivity contribution < 1.29 is 14.3 Å².